The molecule has 4 heteroatoms. The Morgan fingerprint density at radius 3 is 3.00 bits per heavy atom. The van der Waals surface area contributed by atoms with Crippen LogP contribution in [0.15, 0.2) is 6.33 Å². The van der Waals surface area contributed by atoms with Crippen molar-refractivity contribution in [2.24, 2.45) is 11.8 Å². The summed E-state index contributed by atoms with van der Waals surface area (Å²) in [5, 5.41) is 3.98. The predicted molar refractivity (Wildman–Crippen MR) is 47.3 cm³/mol. The first-order valence-corrected chi connectivity index (χ1v) is 4.66. The number of Topliss-reactive ketones (excluding diaryl/α,β-unsaturated/α-hetero) is 1. The number of rotatable bonds is 3. The summed E-state index contributed by atoms with van der Waals surface area (Å²) in [5.41, 5.74) is 0. The molecular formula is C9H13N3O. The van der Waals surface area contributed by atoms with Crippen molar-refractivity contribution in [1.29, 1.82) is 0 Å². The highest BCUT2D eigenvalue weighted by Gasteiger charge is 2.41. The zero-order valence-electron chi connectivity index (χ0n) is 7.90. The Hall–Kier alpha value is -1.19. The topological polar surface area (TPSA) is 47.8 Å². The van der Waals surface area contributed by atoms with Crippen LogP contribution in [-0.4, -0.2) is 20.5 Å². The minimum atomic E-state index is 0.159. The van der Waals surface area contributed by atoms with E-state index in [1.165, 1.54) is 6.33 Å². The zero-order valence-corrected chi connectivity index (χ0v) is 7.90. The first-order chi connectivity index (χ1) is 6.24. The van der Waals surface area contributed by atoms with Crippen LogP contribution in [-0.2, 0) is 6.54 Å². The molecule has 0 aromatic carbocycles. The number of carbonyl (C=O) groups excluding carboxylic acids is 1. The van der Waals surface area contributed by atoms with Gasteiger partial charge in [0, 0.05) is 12.5 Å². The second-order valence-corrected chi connectivity index (χ2v) is 3.58. The molecule has 13 heavy (non-hydrogen) atoms. The molecule has 1 aromatic heterocycles. The third kappa shape index (κ3) is 1.36. The largest absolute Gasteiger partial charge is 0.290 e. The molecule has 1 saturated carbocycles. The van der Waals surface area contributed by atoms with E-state index >= 15 is 0 Å². The van der Waals surface area contributed by atoms with Gasteiger partial charge >= 0.3 is 0 Å². The molecule has 0 radical (unpaired) electrons. The summed E-state index contributed by atoms with van der Waals surface area (Å²) in [4.78, 5) is 15.7. The van der Waals surface area contributed by atoms with Gasteiger partial charge in [-0.3, -0.25) is 4.79 Å². The Morgan fingerprint density at radius 1 is 1.77 bits per heavy atom. The Balaban J connectivity index is 2.20. The van der Waals surface area contributed by atoms with Gasteiger partial charge in [0.2, 0.25) is 5.78 Å². The molecule has 70 valence electrons. The lowest BCUT2D eigenvalue weighted by Crippen LogP contribution is -2.12. The molecule has 4 nitrogen and oxygen atoms in total. The molecule has 1 aliphatic carbocycles. The smallest absolute Gasteiger partial charge is 0.203 e. The van der Waals surface area contributed by atoms with Crippen molar-refractivity contribution in [3.05, 3.63) is 12.2 Å². The molecule has 2 rings (SSSR count). The van der Waals surface area contributed by atoms with E-state index in [4.69, 9.17) is 0 Å². The van der Waals surface area contributed by atoms with Crippen LogP contribution >= 0.6 is 0 Å². The number of aromatic nitrogens is 3. The number of hydrogen-bond acceptors (Lipinski definition) is 3. The highest BCUT2D eigenvalue weighted by molar-refractivity contribution is 5.96. The van der Waals surface area contributed by atoms with Crippen molar-refractivity contribution >= 4 is 5.78 Å². The van der Waals surface area contributed by atoms with Crippen molar-refractivity contribution in [1.82, 2.24) is 14.8 Å². The van der Waals surface area contributed by atoms with Gasteiger partial charge in [0.05, 0.1) is 0 Å². The average Bonchev–Trinajstić information content (AvgIpc) is 2.70. The maximum atomic E-state index is 11.7. The van der Waals surface area contributed by atoms with Gasteiger partial charge < -0.3 is 0 Å². The van der Waals surface area contributed by atoms with Crippen LogP contribution in [0.4, 0.5) is 0 Å². The highest BCUT2D eigenvalue weighted by Crippen LogP contribution is 2.39. The van der Waals surface area contributed by atoms with Gasteiger partial charge in [0.1, 0.15) is 6.33 Å². The van der Waals surface area contributed by atoms with E-state index in [1.54, 1.807) is 4.68 Å². The number of carbonyl (C=O) groups is 1. The standard InChI is InChI=1S/C9H13N3O/c1-3-12-9(10-5-11-12)8(13)7-4-6(7)2/h5-7H,3-4H2,1-2H3. The molecule has 1 aromatic rings. The first-order valence-electron chi connectivity index (χ1n) is 4.66. The maximum Gasteiger partial charge on any atom is 0.203 e. The molecule has 0 bridgehead atoms. The van der Waals surface area contributed by atoms with Crippen LogP contribution in [0.5, 0.6) is 0 Å². The van der Waals surface area contributed by atoms with Crippen molar-refractivity contribution in [2.45, 2.75) is 26.8 Å². The van der Waals surface area contributed by atoms with Gasteiger partial charge in [-0.15, -0.1) is 0 Å². The van der Waals surface area contributed by atoms with Crippen LogP contribution in [0.1, 0.15) is 30.9 Å². The van der Waals surface area contributed by atoms with Gasteiger partial charge in [-0.1, -0.05) is 6.92 Å². The molecule has 2 unspecified atom stereocenters. The average molecular weight is 179 g/mol. The normalized spacial score (nSPS) is 26.0. The lowest BCUT2D eigenvalue weighted by molar-refractivity contribution is 0.0946. The summed E-state index contributed by atoms with van der Waals surface area (Å²) in [6.07, 6.45) is 2.46. The lowest BCUT2D eigenvalue weighted by Gasteiger charge is -1.99. The van der Waals surface area contributed by atoms with Crippen LogP contribution in [0, 0.1) is 11.8 Å². The van der Waals surface area contributed by atoms with E-state index in [2.05, 4.69) is 17.0 Å². The minimum Gasteiger partial charge on any atom is -0.290 e. The van der Waals surface area contributed by atoms with Gasteiger partial charge in [-0.25, -0.2) is 9.67 Å². The SMILES string of the molecule is CCn1ncnc1C(=O)C1CC1C. The molecule has 0 spiro atoms. The van der Waals surface area contributed by atoms with E-state index in [9.17, 15) is 4.79 Å². The van der Waals surface area contributed by atoms with E-state index < -0.39 is 0 Å². The Morgan fingerprint density at radius 2 is 2.46 bits per heavy atom. The molecule has 0 saturated heterocycles. The molecule has 0 aliphatic heterocycles. The maximum absolute atomic E-state index is 11.7. The minimum absolute atomic E-state index is 0.159. The molecule has 0 amide bonds. The fourth-order valence-corrected chi connectivity index (χ4v) is 1.54. The van der Waals surface area contributed by atoms with Gasteiger partial charge in [-0.05, 0) is 19.3 Å². The van der Waals surface area contributed by atoms with Crippen molar-refractivity contribution in [2.75, 3.05) is 0 Å². The summed E-state index contributed by atoms with van der Waals surface area (Å²) in [7, 11) is 0. The van der Waals surface area contributed by atoms with Gasteiger partial charge in [-0.2, -0.15) is 5.10 Å². The summed E-state index contributed by atoms with van der Waals surface area (Å²) >= 11 is 0. The molecule has 1 fully saturated rings. The number of ketones is 1. The number of nitrogens with zero attached hydrogens (tertiary/aromatic N) is 3. The predicted octanol–water partition coefficient (Wildman–Crippen LogP) is 1.14. The molecule has 0 N–H and O–H groups in total. The van der Waals surface area contributed by atoms with Crippen LogP contribution < -0.4 is 0 Å². The summed E-state index contributed by atoms with van der Waals surface area (Å²) in [5.74, 6) is 1.42. The van der Waals surface area contributed by atoms with E-state index in [-0.39, 0.29) is 11.7 Å². The highest BCUT2D eigenvalue weighted by atomic mass is 16.1. The van der Waals surface area contributed by atoms with E-state index in [1.807, 2.05) is 6.92 Å². The number of aryl methyl sites for hydroxylation is 1. The first kappa shape index (κ1) is 8.41. The van der Waals surface area contributed by atoms with Gasteiger partial charge in [0.25, 0.3) is 0 Å². The third-order valence-corrected chi connectivity index (χ3v) is 2.58. The number of hydrogen-bond donors (Lipinski definition) is 0. The van der Waals surface area contributed by atoms with Gasteiger partial charge in [0.15, 0.2) is 5.82 Å². The third-order valence-electron chi connectivity index (χ3n) is 2.58. The molecule has 1 aliphatic rings. The second kappa shape index (κ2) is 2.94. The van der Waals surface area contributed by atoms with Crippen molar-refractivity contribution < 1.29 is 4.79 Å². The molecule has 2 atom stereocenters. The van der Waals surface area contributed by atoms with Crippen LogP contribution in [0.25, 0.3) is 0 Å². The Kier molecular flexibility index (Phi) is 1.90. The van der Waals surface area contributed by atoms with E-state index in [0.717, 1.165) is 6.42 Å². The summed E-state index contributed by atoms with van der Waals surface area (Å²) < 4.78 is 1.66. The Labute approximate surface area is 77.0 Å². The summed E-state index contributed by atoms with van der Waals surface area (Å²) in [6, 6.07) is 0. The summed E-state index contributed by atoms with van der Waals surface area (Å²) in [6.45, 7) is 4.76. The lowest BCUT2D eigenvalue weighted by atomic mass is 10.2. The van der Waals surface area contributed by atoms with Crippen LogP contribution in [0.2, 0.25) is 0 Å². The Bertz CT molecular complexity index is 331. The van der Waals surface area contributed by atoms with E-state index in [0.29, 0.717) is 18.3 Å². The van der Waals surface area contributed by atoms with Crippen molar-refractivity contribution in [3.8, 4) is 0 Å². The fraction of sp³-hybridized carbons (Fsp3) is 0.667. The zero-order chi connectivity index (χ0) is 9.42. The monoisotopic (exact) mass is 179 g/mol. The second-order valence-electron chi connectivity index (χ2n) is 3.58. The molecule has 1 heterocycles. The van der Waals surface area contributed by atoms with Crippen LogP contribution in [0.3, 0.4) is 0 Å². The van der Waals surface area contributed by atoms with Crippen molar-refractivity contribution in [3.63, 3.8) is 0 Å². The fourth-order valence-electron chi connectivity index (χ4n) is 1.54. The quantitative estimate of drug-likeness (QED) is 0.653. The molecular weight excluding hydrogens is 166 g/mol.